The number of anilines is 1. The molecule has 0 spiro atoms. The molecule has 2 rings (SSSR count). The standard InChI is InChI=1S/C10H14N2O2S/c11-10-3-1-2-9(12-10)8-4-6-15(13,14)7-5-8/h1-3,8H,4-7H2,(H2,11,12). The number of sulfone groups is 1. The minimum atomic E-state index is -2.79. The van der Waals surface area contributed by atoms with E-state index in [0.717, 1.165) is 5.69 Å². The van der Waals surface area contributed by atoms with Crippen LogP contribution in [0.25, 0.3) is 0 Å². The first kappa shape index (κ1) is 10.4. The fourth-order valence-corrected chi connectivity index (χ4v) is 3.37. The number of nitrogen functional groups attached to an aromatic ring is 1. The molecule has 2 heterocycles. The van der Waals surface area contributed by atoms with Crippen molar-refractivity contribution >= 4 is 15.7 Å². The van der Waals surface area contributed by atoms with Gasteiger partial charge in [0, 0.05) is 11.6 Å². The van der Waals surface area contributed by atoms with Crippen LogP contribution >= 0.6 is 0 Å². The van der Waals surface area contributed by atoms with Gasteiger partial charge in [-0.25, -0.2) is 13.4 Å². The van der Waals surface area contributed by atoms with Crippen molar-refractivity contribution in [2.45, 2.75) is 18.8 Å². The van der Waals surface area contributed by atoms with Crippen molar-refractivity contribution in [3.05, 3.63) is 23.9 Å². The highest BCUT2D eigenvalue weighted by molar-refractivity contribution is 7.91. The largest absolute Gasteiger partial charge is 0.384 e. The zero-order valence-corrected chi connectivity index (χ0v) is 9.20. The number of hydrogen-bond donors (Lipinski definition) is 1. The zero-order chi connectivity index (χ0) is 10.9. The van der Waals surface area contributed by atoms with Gasteiger partial charge < -0.3 is 5.73 Å². The summed E-state index contributed by atoms with van der Waals surface area (Å²) in [6.07, 6.45) is 1.33. The van der Waals surface area contributed by atoms with Crippen LogP contribution in [0.15, 0.2) is 18.2 Å². The van der Waals surface area contributed by atoms with Crippen molar-refractivity contribution in [1.82, 2.24) is 4.98 Å². The van der Waals surface area contributed by atoms with Crippen molar-refractivity contribution in [3.8, 4) is 0 Å². The van der Waals surface area contributed by atoms with Crippen LogP contribution in [0.1, 0.15) is 24.5 Å². The van der Waals surface area contributed by atoms with Gasteiger partial charge in [0.2, 0.25) is 0 Å². The van der Waals surface area contributed by atoms with E-state index < -0.39 is 9.84 Å². The highest BCUT2D eigenvalue weighted by Gasteiger charge is 2.25. The van der Waals surface area contributed by atoms with Crippen molar-refractivity contribution in [1.29, 1.82) is 0 Å². The summed E-state index contributed by atoms with van der Waals surface area (Å²) in [6, 6.07) is 5.52. The van der Waals surface area contributed by atoms with E-state index in [0.29, 0.717) is 18.7 Å². The molecule has 4 nitrogen and oxygen atoms in total. The third kappa shape index (κ3) is 2.47. The van der Waals surface area contributed by atoms with Crippen molar-refractivity contribution < 1.29 is 8.42 Å². The van der Waals surface area contributed by atoms with Crippen LogP contribution in [0.2, 0.25) is 0 Å². The maximum atomic E-state index is 11.2. The van der Waals surface area contributed by atoms with Gasteiger partial charge in [0.25, 0.3) is 0 Å². The van der Waals surface area contributed by atoms with Gasteiger partial charge in [-0.2, -0.15) is 0 Å². The van der Waals surface area contributed by atoms with E-state index in [4.69, 9.17) is 5.73 Å². The molecule has 0 aromatic carbocycles. The first-order valence-electron chi connectivity index (χ1n) is 5.00. The third-order valence-electron chi connectivity index (χ3n) is 2.77. The fraction of sp³-hybridized carbons (Fsp3) is 0.500. The normalized spacial score (nSPS) is 21.3. The summed E-state index contributed by atoms with van der Waals surface area (Å²) in [7, 11) is -2.79. The number of nitrogens with zero attached hydrogens (tertiary/aromatic N) is 1. The van der Waals surface area contributed by atoms with Crippen LogP contribution in [0.5, 0.6) is 0 Å². The quantitative estimate of drug-likeness (QED) is 0.774. The Morgan fingerprint density at radius 2 is 1.93 bits per heavy atom. The molecule has 0 atom stereocenters. The fourth-order valence-electron chi connectivity index (χ4n) is 1.88. The maximum Gasteiger partial charge on any atom is 0.150 e. The molecule has 0 saturated carbocycles. The molecule has 82 valence electrons. The van der Waals surface area contributed by atoms with Crippen LogP contribution in [0.3, 0.4) is 0 Å². The molecule has 1 aliphatic heterocycles. The summed E-state index contributed by atoms with van der Waals surface area (Å²) in [5.74, 6) is 1.29. The molecule has 1 aliphatic rings. The summed E-state index contributed by atoms with van der Waals surface area (Å²) in [4.78, 5) is 4.23. The molecule has 0 aliphatic carbocycles. The predicted molar refractivity (Wildman–Crippen MR) is 59.3 cm³/mol. The van der Waals surface area contributed by atoms with Gasteiger partial charge in [0.1, 0.15) is 15.7 Å². The molecule has 0 bridgehead atoms. The average Bonchev–Trinajstić information content (AvgIpc) is 2.17. The molecule has 1 saturated heterocycles. The molecule has 0 amide bonds. The average molecular weight is 226 g/mol. The first-order chi connectivity index (χ1) is 7.07. The molecular weight excluding hydrogens is 212 g/mol. The predicted octanol–water partition coefficient (Wildman–Crippen LogP) is 0.956. The highest BCUT2D eigenvalue weighted by atomic mass is 32.2. The van der Waals surface area contributed by atoms with Crippen LogP contribution < -0.4 is 5.73 Å². The summed E-state index contributed by atoms with van der Waals surface area (Å²) in [6.45, 7) is 0. The van der Waals surface area contributed by atoms with Gasteiger partial charge in [0.15, 0.2) is 0 Å². The van der Waals surface area contributed by atoms with Gasteiger partial charge in [-0.3, -0.25) is 0 Å². The lowest BCUT2D eigenvalue weighted by Gasteiger charge is -2.21. The zero-order valence-electron chi connectivity index (χ0n) is 8.39. The minimum Gasteiger partial charge on any atom is -0.384 e. The lowest BCUT2D eigenvalue weighted by Crippen LogP contribution is -2.22. The first-order valence-corrected chi connectivity index (χ1v) is 6.82. The third-order valence-corrected chi connectivity index (χ3v) is 4.48. The van der Waals surface area contributed by atoms with Crippen LogP contribution in [0.4, 0.5) is 5.82 Å². The van der Waals surface area contributed by atoms with E-state index in [9.17, 15) is 8.42 Å². The lowest BCUT2D eigenvalue weighted by atomic mass is 9.98. The monoisotopic (exact) mass is 226 g/mol. The second-order valence-electron chi connectivity index (χ2n) is 3.91. The molecule has 1 aromatic rings. The maximum absolute atomic E-state index is 11.2. The molecule has 0 unspecified atom stereocenters. The summed E-state index contributed by atoms with van der Waals surface area (Å²) < 4.78 is 22.5. The molecule has 0 radical (unpaired) electrons. The number of pyridine rings is 1. The van der Waals surface area contributed by atoms with Crippen LogP contribution in [-0.2, 0) is 9.84 Å². The molecule has 1 aromatic heterocycles. The Bertz CT molecular complexity index is 442. The molecule has 2 N–H and O–H groups in total. The topological polar surface area (TPSA) is 73.1 Å². The van der Waals surface area contributed by atoms with Gasteiger partial charge in [-0.15, -0.1) is 0 Å². The van der Waals surface area contributed by atoms with Gasteiger partial charge >= 0.3 is 0 Å². The number of hydrogen-bond acceptors (Lipinski definition) is 4. The Labute approximate surface area is 89.4 Å². The number of rotatable bonds is 1. The highest BCUT2D eigenvalue weighted by Crippen LogP contribution is 2.27. The van der Waals surface area contributed by atoms with E-state index in [1.807, 2.05) is 12.1 Å². The Balaban J connectivity index is 2.14. The Kier molecular flexibility index (Phi) is 2.65. The minimum absolute atomic E-state index is 0.247. The molecule has 1 fully saturated rings. The van der Waals surface area contributed by atoms with Gasteiger partial charge in [-0.05, 0) is 25.0 Å². The van der Waals surface area contributed by atoms with E-state index in [2.05, 4.69) is 4.98 Å². The molecule has 15 heavy (non-hydrogen) atoms. The van der Waals surface area contributed by atoms with Crippen molar-refractivity contribution in [2.75, 3.05) is 17.2 Å². The number of nitrogens with two attached hydrogens (primary N) is 1. The Morgan fingerprint density at radius 1 is 1.27 bits per heavy atom. The number of aromatic nitrogens is 1. The van der Waals surface area contributed by atoms with E-state index in [1.165, 1.54) is 0 Å². The molecular formula is C10H14N2O2S. The van der Waals surface area contributed by atoms with Crippen molar-refractivity contribution in [2.24, 2.45) is 0 Å². The summed E-state index contributed by atoms with van der Waals surface area (Å²) >= 11 is 0. The second kappa shape index (κ2) is 3.81. The van der Waals surface area contributed by atoms with Crippen LogP contribution in [0, 0.1) is 0 Å². The lowest BCUT2D eigenvalue weighted by molar-refractivity contribution is 0.545. The Hall–Kier alpha value is -1.10. The smallest absolute Gasteiger partial charge is 0.150 e. The van der Waals surface area contributed by atoms with E-state index in [-0.39, 0.29) is 17.4 Å². The van der Waals surface area contributed by atoms with E-state index in [1.54, 1.807) is 6.07 Å². The van der Waals surface area contributed by atoms with Crippen LogP contribution in [-0.4, -0.2) is 24.9 Å². The van der Waals surface area contributed by atoms with Gasteiger partial charge in [0.05, 0.1) is 11.5 Å². The van der Waals surface area contributed by atoms with Gasteiger partial charge in [-0.1, -0.05) is 6.07 Å². The second-order valence-corrected chi connectivity index (χ2v) is 6.22. The van der Waals surface area contributed by atoms with E-state index >= 15 is 0 Å². The Morgan fingerprint density at radius 3 is 2.53 bits per heavy atom. The summed E-state index contributed by atoms with van der Waals surface area (Å²) in [5, 5.41) is 0. The SMILES string of the molecule is Nc1cccc(C2CCS(=O)(=O)CC2)n1. The van der Waals surface area contributed by atoms with Crippen molar-refractivity contribution in [3.63, 3.8) is 0 Å². The summed E-state index contributed by atoms with van der Waals surface area (Å²) in [5.41, 5.74) is 6.51. The molecule has 5 heteroatoms.